The summed E-state index contributed by atoms with van der Waals surface area (Å²) in [5, 5.41) is 0. The number of aromatic nitrogens is 3. The maximum Gasteiger partial charge on any atom is 0.180 e. The van der Waals surface area contributed by atoms with Gasteiger partial charge in [-0.3, -0.25) is 0 Å². The van der Waals surface area contributed by atoms with Crippen molar-refractivity contribution in [1.82, 2.24) is 15.0 Å². The number of hydrogen-bond acceptors (Lipinski definition) is 3. The Morgan fingerprint density at radius 1 is 1.27 bits per heavy atom. The van der Waals surface area contributed by atoms with E-state index in [1.54, 1.807) is 6.26 Å². The van der Waals surface area contributed by atoms with Gasteiger partial charge in [0.1, 0.15) is 12.1 Å². The first-order valence-corrected chi connectivity index (χ1v) is 4.72. The van der Waals surface area contributed by atoms with Crippen molar-refractivity contribution in [3.05, 3.63) is 48.4 Å². The summed E-state index contributed by atoms with van der Waals surface area (Å²) in [4.78, 5) is 11.7. The lowest BCUT2D eigenvalue weighted by Gasteiger charge is -1.88. The third-order valence-electron chi connectivity index (χ3n) is 2.27. The summed E-state index contributed by atoms with van der Waals surface area (Å²) >= 11 is 0. The van der Waals surface area contributed by atoms with Gasteiger partial charge in [-0.25, -0.2) is 9.97 Å². The fraction of sp³-hybridized carbons (Fsp3) is 0.0909. The monoisotopic (exact) mass is 199 g/mol. The van der Waals surface area contributed by atoms with Gasteiger partial charge >= 0.3 is 0 Å². The standard InChI is InChI=1S/C11H9N3O/c1-2-4-10-9(3-1)13-11(14-10)5-8-6-15-7-12-8/h1-4,6-7H,5H2,(H,13,14). The molecule has 74 valence electrons. The SMILES string of the molecule is c1ccc2[nH]c(Cc3cocn3)nc2c1. The first kappa shape index (κ1) is 8.23. The summed E-state index contributed by atoms with van der Waals surface area (Å²) < 4.78 is 4.91. The number of H-pyrrole nitrogens is 1. The zero-order valence-electron chi connectivity index (χ0n) is 7.97. The molecule has 0 fully saturated rings. The molecule has 0 aliphatic heterocycles. The molecule has 0 bridgehead atoms. The predicted octanol–water partition coefficient (Wildman–Crippen LogP) is 2.14. The van der Waals surface area contributed by atoms with Crippen LogP contribution in [0.3, 0.4) is 0 Å². The highest BCUT2D eigenvalue weighted by atomic mass is 16.3. The normalized spacial score (nSPS) is 10.9. The zero-order valence-corrected chi connectivity index (χ0v) is 7.97. The molecule has 4 nitrogen and oxygen atoms in total. The number of oxazole rings is 1. The lowest BCUT2D eigenvalue weighted by Crippen LogP contribution is -1.89. The first-order chi connectivity index (χ1) is 7.42. The molecule has 2 aromatic heterocycles. The summed E-state index contributed by atoms with van der Waals surface area (Å²) in [7, 11) is 0. The van der Waals surface area contributed by atoms with Gasteiger partial charge in [-0.15, -0.1) is 0 Å². The number of benzene rings is 1. The molecule has 1 N–H and O–H groups in total. The fourth-order valence-electron chi connectivity index (χ4n) is 1.59. The van der Waals surface area contributed by atoms with Gasteiger partial charge in [0.05, 0.1) is 23.1 Å². The van der Waals surface area contributed by atoms with Crippen LogP contribution in [0.5, 0.6) is 0 Å². The van der Waals surface area contributed by atoms with E-state index in [-0.39, 0.29) is 0 Å². The summed E-state index contributed by atoms with van der Waals surface area (Å²) in [5.74, 6) is 0.908. The molecule has 0 aliphatic rings. The van der Waals surface area contributed by atoms with Crippen LogP contribution in [-0.4, -0.2) is 15.0 Å². The predicted molar refractivity (Wildman–Crippen MR) is 55.4 cm³/mol. The van der Waals surface area contributed by atoms with Gasteiger partial charge < -0.3 is 9.40 Å². The van der Waals surface area contributed by atoms with Gasteiger partial charge in [0.25, 0.3) is 0 Å². The van der Waals surface area contributed by atoms with Gasteiger partial charge in [0.2, 0.25) is 0 Å². The van der Waals surface area contributed by atoms with Crippen molar-refractivity contribution in [2.24, 2.45) is 0 Å². The van der Waals surface area contributed by atoms with Crippen LogP contribution in [0.1, 0.15) is 11.5 Å². The highest BCUT2D eigenvalue weighted by molar-refractivity contribution is 5.74. The summed E-state index contributed by atoms with van der Waals surface area (Å²) in [6.45, 7) is 0. The maximum absolute atomic E-state index is 4.91. The Kier molecular flexibility index (Phi) is 1.78. The number of aromatic amines is 1. The van der Waals surface area contributed by atoms with Crippen LogP contribution in [0, 0.1) is 0 Å². The van der Waals surface area contributed by atoms with Crippen molar-refractivity contribution in [1.29, 1.82) is 0 Å². The number of para-hydroxylation sites is 2. The third kappa shape index (κ3) is 1.50. The molecule has 0 saturated carbocycles. The van der Waals surface area contributed by atoms with Crippen LogP contribution < -0.4 is 0 Å². The lowest BCUT2D eigenvalue weighted by atomic mass is 10.3. The number of hydrogen-bond donors (Lipinski definition) is 1. The van der Waals surface area contributed by atoms with Crippen LogP contribution >= 0.6 is 0 Å². The van der Waals surface area contributed by atoms with Gasteiger partial charge in [0.15, 0.2) is 6.39 Å². The molecule has 0 spiro atoms. The van der Waals surface area contributed by atoms with E-state index in [1.165, 1.54) is 6.39 Å². The number of fused-ring (bicyclic) bond motifs is 1. The minimum absolute atomic E-state index is 0.672. The molecule has 0 atom stereocenters. The average Bonchev–Trinajstić information content (AvgIpc) is 2.86. The van der Waals surface area contributed by atoms with Crippen LogP contribution in [0.25, 0.3) is 11.0 Å². The second kappa shape index (κ2) is 3.24. The van der Waals surface area contributed by atoms with E-state index in [4.69, 9.17) is 4.42 Å². The van der Waals surface area contributed by atoms with E-state index in [9.17, 15) is 0 Å². The highest BCUT2D eigenvalue weighted by Crippen LogP contribution is 2.12. The highest BCUT2D eigenvalue weighted by Gasteiger charge is 2.04. The smallest absolute Gasteiger partial charge is 0.180 e. The molecular formula is C11H9N3O. The minimum atomic E-state index is 0.672. The van der Waals surface area contributed by atoms with E-state index in [2.05, 4.69) is 15.0 Å². The summed E-state index contributed by atoms with van der Waals surface area (Å²) in [5.41, 5.74) is 2.92. The summed E-state index contributed by atoms with van der Waals surface area (Å²) in [6.07, 6.45) is 3.73. The molecule has 15 heavy (non-hydrogen) atoms. The lowest BCUT2D eigenvalue weighted by molar-refractivity contribution is 0.556. The van der Waals surface area contributed by atoms with Crippen molar-refractivity contribution in [3.63, 3.8) is 0 Å². The number of rotatable bonds is 2. The van der Waals surface area contributed by atoms with Crippen molar-refractivity contribution in [2.75, 3.05) is 0 Å². The van der Waals surface area contributed by atoms with Crippen molar-refractivity contribution in [2.45, 2.75) is 6.42 Å². The quantitative estimate of drug-likeness (QED) is 0.687. The Hall–Kier alpha value is -2.10. The van der Waals surface area contributed by atoms with Gasteiger partial charge in [0, 0.05) is 0 Å². The second-order valence-corrected chi connectivity index (χ2v) is 3.36. The van der Waals surface area contributed by atoms with Crippen molar-refractivity contribution >= 4 is 11.0 Å². The van der Waals surface area contributed by atoms with Crippen LogP contribution in [0.15, 0.2) is 41.3 Å². The van der Waals surface area contributed by atoms with Gasteiger partial charge in [-0.1, -0.05) is 12.1 Å². The number of nitrogens with zero attached hydrogens (tertiary/aromatic N) is 2. The Morgan fingerprint density at radius 2 is 2.20 bits per heavy atom. The molecule has 4 heteroatoms. The van der Waals surface area contributed by atoms with Crippen molar-refractivity contribution in [3.8, 4) is 0 Å². The Labute approximate surface area is 86.0 Å². The van der Waals surface area contributed by atoms with Crippen LogP contribution in [0.2, 0.25) is 0 Å². The van der Waals surface area contributed by atoms with Gasteiger partial charge in [-0.05, 0) is 12.1 Å². The molecule has 0 saturated heterocycles. The molecule has 1 aromatic carbocycles. The molecule has 3 rings (SSSR count). The number of nitrogens with one attached hydrogen (secondary N) is 1. The van der Waals surface area contributed by atoms with E-state index < -0.39 is 0 Å². The molecule has 0 amide bonds. The largest absolute Gasteiger partial charge is 0.451 e. The average molecular weight is 199 g/mol. The third-order valence-corrected chi connectivity index (χ3v) is 2.27. The van der Waals surface area contributed by atoms with E-state index >= 15 is 0 Å². The maximum atomic E-state index is 4.91. The minimum Gasteiger partial charge on any atom is -0.451 e. The van der Waals surface area contributed by atoms with Crippen LogP contribution in [0.4, 0.5) is 0 Å². The Morgan fingerprint density at radius 3 is 3.00 bits per heavy atom. The van der Waals surface area contributed by atoms with Crippen molar-refractivity contribution < 1.29 is 4.42 Å². The van der Waals surface area contributed by atoms with E-state index in [0.717, 1.165) is 22.6 Å². The second-order valence-electron chi connectivity index (χ2n) is 3.36. The topological polar surface area (TPSA) is 54.7 Å². The van der Waals surface area contributed by atoms with Gasteiger partial charge in [-0.2, -0.15) is 0 Å². The van der Waals surface area contributed by atoms with E-state index in [1.807, 2.05) is 24.3 Å². The summed E-state index contributed by atoms with van der Waals surface area (Å²) in [6, 6.07) is 7.95. The molecule has 3 aromatic rings. The first-order valence-electron chi connectivity index (χ1n) is 4.72. The molecule has 0 unspecified atom stereocenters. The number of imidazole rings is 1. The molecular weight excluding hydrogens is 190 g/mol. The zero-order chi connectivity index (χ0) is 10.1. The Balaban J connectivity index is 1.98. The molecule has 0 radical (unpaired) electrons. The Bertz CT molecular complexity index is 535. The van der Waals surface area contributed by atoms with E-state index in [0.29, 0.717) is 6.42 Å². The fourth-order valence-corrected chi connectivity index (χ4v) is 1.59. The van der Waals surface area contributed by atoms with Crippen LogP contribution in [-0.2, 0) is 6.42 Å². The molecule has 0 aliphatic carbocycles. The molecule has 2 heterocycles.